The van der Waals surface area contributed by atoms with Gasteiger partial charge in [-0.25, -0.2) is 13.2 Å². The highest BCUT2D eigenvalue weighted by atomic mass is 32.2. The molecule has 0 saturated carbocycles. The molecule has 0 radical (unpaired) electrons. The summed E-state index contributed by atoms with van der Waals surface area (Å²) in [5, 5.41) is 4.04. The molecule has 0 N–H and O–H groups in total. The largest absolute Gasteiger partial charge is 0.465 e. The third kappa shape index (κ3) is 4.40. The summed E-state index contributed by atoms with van der Waals surface area (Å²) in [6, 6.07) is 15.6. The number of hydrogen-bond acceptors (Lipinski definition) is 6. The minimum absolute atomic E-state index is 0.0186. The second kappa shape index (κ2) is 7.85. The Labute approximate surface area is 163 Å². The summed E-state index contributed by atoms with van der Waals surface area (Å²) in [5.74, 6) is -0.0894. The van der Waals surface area contributed by atoms with Crippen LogP contribution in [0.3, 0.4) is 0 Å². The number of aryl methyl sites for hydroxylation is 1. The quantitative estimate of drug-likeness (QED) is 0.589. The molecule has 0 spiro atoms. The van der Waals surface area contributed by atoms with Crippen molar-refractivity contribution in [2.24, 2.45) is 0 Å². The average molecular weight is 400 g/mol. The van der Waals surface area contributed by atoms with E-state index in [1.54, 1.807) is 18.2 Å². The average Bonchev–Trinajstić information content (AvgIpc) is 3.14. The topological polar surface area (TPSA) is 89.7 Å². The summed E-state index contributed by atoms with van der Waals surface area (Å²) < 4.78 is 35.8. The SMILES string of the molecule is COC(=O)c1ccc(N(Cc2cc(-c3ccc(C)cc3)no2)S(C)(=O)=O)cc1. The highest BCUT2D eigenvalue weighted by Gasteiger charge is 2.21. The summed E-state index contributed by atoms with van der Waals surface area (Å²) in [6.45, 7) is 1.97. The molecule has 0 amide bonds. The van der Waals surface area contributed by atoms with Gasteiger partial charge in [0.1, 0.15) is 5.69 Å². The number of aromatic nitrogens is 1. The Morgan fingerprint density at radius 3 is 2.32 bits per heavy atom. The van der Waals surface area contributed by atoms with Crippen molar-refractivity contribution in [1.82, 2.24) is 5.16 Å². The number of carbonyl (C=O) groups excluding carboxylic acids is 1. The molecule has 1 aromatic heterocycles. The van der Waals surface area contributed by atoms with Gasteiger partial charge in [0, 0.05) is 11.6 Å². The number of rotatable bonds is 6. The molecular formula is C20H20N2O5S. The van der Waals surface area contributed by atoms with Gasteiger partial charge in [-0.2, -0.15) is 0 Å². The van der Waals surface area contributed by atoms with E-state index < -0.39 is 16.0 Å². The predicted molar refractivity (Wildman–Crippen MR) is 105 cm³/mol. The van der Waals surface area contributed by atoms with Gasteiger partial charge in [-0.05, 0) is 31.2 Å². The fraction of sp³-hybridized carbons (Fsp3) is 0.200. The van der Waals surface area contributed by atoms with Crippen molar-refractivity contribution in [3.05, 3.63) is 71.5 Å². The number of nitrogens with zero attached hydrogens (tertiary/aromatic N) is 2. The number of sulfonamides is 1. The van der Waals surface area contributed by atoms with Crippen molar-refractivity contribution < 1.29 is 22.5 Å². The van der Waals surface area contributed by atoms with Crippen LogP contribution in [0.25, 0.3) is 11.3 Å². The van der Waals surface area contributed by atoms with Gasteiger partial charge in [-0.1, -0.05) is 35.0 Å². The monoisotopic (exact) mass is 400 g/mol. The first-order chi connectivity index (χ1) is 13.3. The van der Waals surface area contributed by atoms with E-state index in [1.165, 1.54) is 23.5 Å². The Hall–Kier alpha value is -3.13. The Kier molecular flexibility index (Phi) is 5.51. The van der Waals surface area contributed by atoms with Crippen LogP contribution >= 0.6 is 0 Å². The molecule has 3 aromatic rings. The lowest BCUT2D eigenvalue weighted by Gasteiger charge is -2.21. The minimum atomic E-state index is -3.59. The van der Waals surface area contributed by atoms with Gasteiger partial charge in [0.25, 0.3) is 0 Å². The zero-order valence-corrected chi connectivity index (χ0v) is 16.6. The molecule has 0 bridgehead atoms. The number of ether oxygens (including phenoxy) is 1. The molecule has 0 atom stereocenters. The van der Waals surface area contributed by atoms with E-state index in [-0.39, 0.29) is 6.54 Å². The molecule has 2 aromatic carbocycles. The van der Waals surface area contributed by atoms with Crippen molar-refractivity contribution in [3.63, 3.8) is 0 Å². The van der Waals surface area contributed by atoms with E-state index >= 15 is 0 Å². The van der Waals surface area contributed by atoms with E-state index in [9.17, 15) is 13.2 Å². The fourth-order valence-electron chi connectivity index (χ4n) is 2.67. The maximum atomic E-state index is 12.3. The first-order valence-electron chi connectivity index (χ1n) is 8.46. The van der Waals surface area contributed by atoms with Crippen molar-refractivity contribution in [1.29, 1.82) is 0 Å². The highest BCUT2D eigenvalue weighted by molar-refractivity contribution is 7.92. The molecule has 7 nitrogen and oxygen atoms in total. The molecule has 0 aliphatic rings. The van der Waals surface area contributed by atoms with Crippen LogP contribution in [0.4, 0.5) is 5.69 Å². The van der Waals surface area contributed by atoms with Crippen molar-refractivity contribution in [3.8, 4) is 11.3 Å². The van der Waals surface area contributed by atoms with Gasteiger partial charge in [-0.3, -0.25) is 4.31 Å². The first-order valence-corrected chi connectivity index (χ1v) is 10.3. The van der Waals surface area contributed by atoms with Crippen LogP contribution < -0.4 is 4.31 Å². The fourth-order valence-corrected chi connectivity index (χ4v) is 3.54. The molecule has 28 heavy (non-hydrogen) atoms. The third-order valence-electron chi connectivity index (χ3n) is 4.18. The maximum absolute atomic E-state index is 12.3. The number of methoxy groups -OCH3 is 1. The minimum Gasteiger partial charge on any atom is -0.465 e. The summed E-state index contributed by atoms with van der Waals surface area (Å²) in [4.78, 5) is 11.6. The molecule has 0 unspecified atom stereocenters. The van der Waals surface area contributed by atoms with Crippen molar-refractivity contribution >= 4 is 21.7 Å². The molecule has 146 valence electrons. The normalized spacial score (nSPS) is 11.2. The van der Waals surface area contributed by atoms with E-state index in [1.807, 2.05) is 31.2 Å². The van der Waals surface area contributed by atoms with Crippen LogP contribution in [0.15, 0.2) is 59.1 Å². The Balaban J connectivity index is 1.86. The van der Waals surface area contributed by atoms with Gasteiger partial charge >= 0.3 is 5.97 Å². The summed E-state index contributed by atoms with van der Waals surface area (Å²) in [6.07, 6.45) is 1.11. The summed E-state index contributed by atoms with van der Waals surface area (Å²) in [7, 11) is -2.30. The second-order valence-corrected chi connectivity index (χ2v) is 8.26. The molecule has 0 aliphatic carbocycles. The smallest absolute Gasteiger partial charge is 0.337 e. The number of anilines is 1. The lowest BCUT2D eigenvalue weighted by molar-refractivity contribution is 0.0600. The molecule has 0 aliphatic heterocycles. The van der Waals surface area contributed by atoms with Crippen LogP contribution in [-0.4, -0.2) is 32.9 Å². The van der Waals surface area contributed by atoms with Gasteiger partial charge in [0.05, 0.1) is 31.2 Å². The Morgan fingerprint density at radius 1 is 1.11 bits per heavy atom. The molecule has 0 saturated heterocycles. The van der Waals surface area contributed by atoms with Crippen LogP contribution in [0.2, 0.25) is 0 Å². The second-order valence-electron chi connectivity index (χ2n) is 6.35. The van der Waals surface area contributed by atoms with Crippen molar-refractivity contribution in [2.75, 3.05) is 17.7 Å². The van der Waals surface area contributed by atoms with Crippen LogP contribution in [0.5, 0.6) is 0 Å². The Bertz CT molecular complexity index is 1070. The van der Waals surface area contributed by atoms with Crippen LogP contribution in [0.1, 0.15) is 21.7 Å². The first kappa shape index (κ1) is 19.6. The van der Waals surface area contributed by atoms with E-state index in [0.717, 1.165) is 17.4 Å². The number of benzene rings is 2. The zero-order chi connectivity index (χ0) is 20.3. The maximum Gasteiger partial charge on any atom is 0.337 e. The molecule has 0 fully saturated rings. The van der Waals surface area contributed by atoms with Crippen LogP contribution in [-0.2, 0) is 21.3 Å². The number of carbonyl (C=O) groups is 1. The van der Waals surface area contributed by atoms with Gasteiger partial charge < -0.3 is 9.26 Å². The number of hydrogen-bond donors (Lipinski definition) is 0. The van der Waals surface area contributed by atoms with Gasteiger partial charge in [0.2, 0.25) is 10.0 Å². The van der Waals surface area contributed by atoms with E-state index in [4.69, 9.17) is 4.52 Å². The molecule has 3 rings (SSSR count). The van der Waals surface area contributed by atoms with Gasteiger partial charge in [0.15, 0.2) is 5.76 Å². The predicted octanol–water partition coefficient (Wildman–Crippen LogP) is 3.40. The standard InChI is InChI=1S/C20H20N2O5S/c1-14-4-6-15(7-5-14)19-12-18(27-21-19)13-22(28(3,24)25)17-10-8-16(9-11-17)20(23)26-2/h4-12H,13H2,1-3H3. The van der Waals surface area contributed by atoms with Crippen LogP contribution in [0, 0.1) is 6.92 Å². The molecular weight excluding hydrogens is 380 g/mol. The van der Waals surface area contributed by atoms with E-state index in [2.05, 4.69) is 9.89 Å². The lowest BCUT2D eigenvalue weighted by atomic mass is 10.1. The highest BCUT2D eigenvalue weighted by Crippen LogP contribution is 2.24. The molecule has 1 heterocycles. The zero-order valence-electron chi connectivity index (χ0n) is 15.7. The van der Waals surface area contributed by atoms with E-state index in [0.29, 0.717) is 22.7 Å². The van der Waals surface area contributed by atoms with Crippen molar-refractivity contribution in [2.45, 2.75) is 13.5 Å². The van der Waals surface area contributed by atoms with Gasteiger partial charge in [-0.15, -0.1) is 0 Å². The summed E-state index contributed by atoms with van der Waals surface area (Å²) >= 11 is 0. The lowest BCUT2D eigenvalue weighted by Crippen LogP contribution is -2.29. The molecule has 8 heteroatoms. The Morgan fingerprint density at radius 2 is 1.75 bits per heavy atom. The number of esters is 1. The third-order valence-corrected chi connectivity index (χ3v) is 5.32. The summed E-state index contributed by atoms with van der Waals surface area (Å²) in [5.41, 5.74) is 3.38.